The molecule has 4 rings (SSSR count). The van der Waals surface area contributed by atoms with E-state index in [1.54, 1.807) is 24.7 Å². The first-order valence-corrected chi connectivity index (χ1v) is 10.6. The Labute approximate surface area is 170 Å². The van der Waals surface area contributed by atoms with Crippen LogP contribution in [0.2, 0.25) is 5.15 Å². The van der Waals surface area contributed by atoms with Gasteiger partial charge < -0.3 is 19.1 Å². The molecule has 2 aromatic heterocycles. The molecule has 0 bridgehead atoms. The maximum atomic E-state index is 11.7. The monoisotopic (exact) mass is 446 g/mol. The molecule has 3 N–H and O–H groups in total. The maximum absolute atomic E-state index is 11.7. The molecule has 14 heteroatoms. The molecule has 1 amide bonds. The van der Waals surface area contributed by atoms with Crippen molar-refractivity contribution in [3.8, 4) is 0 Å². The number of hydrogen-bond acceptors (Lipinski definition) is 8. The van der Waals surface area contributed by atoms with E-state index in [1.165, 1.54) is 6.33 Å². The van der Waals surface area contributed by atoms with E-state index in [-0.39, 0.29) is 22.0 Å². The predicted molar refractivity (Wildman–Crippen MR) is 99.1 cm³/mol. The van der Waals surface area contributed by atoms with Gasteiger partial charge in [-0.2, -0.15) is 12.7 Å². The molecule has 158 valence electrons. The Bertz CT molecular complexity index is 1070. The highest BCUT2D eigenvalue weighted by Crippen LogP contribution is 2.47. The first kappa shape index (κ1) is 20.2. The average molecular weight is 447 g/mol. The van der Waals surface area contributed by atoms with Gasteiger partial charge in [-0.05, 0) is 20.3 Å². The quantitative estimate of drug-likeness (QED) is 0.644. The molecule has 1 aliphatic carbocycles. The fraction of sp³-hybridized carbons (Fsp3) is 0.600. The van der Waals surface area contributed by atoms with Crippen LogP contribution in [0.5, 0.6) is 0 Å². The van der Waals surface area contributed by atoms with Gasteiger partial charge in [-0.1, -0.05) is 11.6 Å². The fourth-order valence-corrected chi connectivity index (χ4v) is 4.87. The van der Waals surface area contributed by atoms with Gasteiger partial charge in [0.25, 0.3) is 0 Å². The van der Waals surface area contributed by atoms with Crippen LogP contribution in [0.3, 0.4) is 0 Å². The van der Waals surface area contributed by atoms with Crippen molar-refractivity contribution in [1.82, 2.24) is 23.8 Å². The number of carbonyl (C=O) groups is 1. The van der Waals surface area contributed by atoms with E-state index in [0.717, 1.165) is 0 Å². The number of aromatic nitrogens is 4. The Morgan fingerprint density at radius 2 is 2.07 bits per heavy atom. The lowest BCUT2D eigenvalue weighted by molar-refractivity contribution is -0.160. The van der Waals surface area contributed by atoms with Crippen molar-refractivity contribution in [2.75, 3.05) is 6.54 Å². The van der Waals surface area contributed by atoms with E-state index in [9.17, 15) is 18.3 Å². The molecule has 2 fully saturated rings. The maximum Gasteiger partial charge on any atom is 0.422 e. The minimum absolute atomic E-state index is 0.204. The first-order valence-electron chi connectivity index (χ1n) is 8.70. The summed E-state index contributed by atoms with van der Waals surface area (Å²) in [5, 5.41) is 14.6. The third-order valence-corrected chi connectivity index (χ3v) is 6.34. The summed E-state index contributed by atoms with van der Waals surface area (Å²) in [5.41, 5.74) is 0.910. The molecule has 0 unspecified atom stereocenters. The summed E-state index contributed by atoms with van der Waals surface area (Å²) in [4.78, 5) is 23.8. The van der Waals surface area contributed by atoms with Gasteiger partial charge in [0, 0.05) is 12.5 Å². The molecule has 0 spiro atoms. The van der Waals surface area contributed by atoms with E-state index in [1.807, 2.05) is 0 Å². The predicted octanol–water partition coefficient (Wildman–Crippen LogP) is 0.744. The summed E-state index contributed by atoms with van der Waals surface area (Å²) in [6, 6.07) is -0.334. The zero-order chi connectivity index (χ0) is 21.1. The number of carboxylic acid groups (broad SMARTS) is 1. The van der Waals surface area contributed by atoms with Crippen molar-refractivity contribution in [3.05, 3.63) is 17.8 Å². The molecular formula is C15H19ClN6O6S. The van der Waals surface area contributed by atoms with Crippen LogP contribution >= 0.6 is 11.6 Å². The van der Waals surface area contributed by atoms with Gasteiger partial charge in [0.1, 0.15) is 17.9 Å². The van der Waals surface area contributed by atoms with Crippen molar-refractivity contribution in [3.63, 3.8) is 0 Å². The number of ether oxygens (including phenoxy) is 2. The Balaban J connectivity index is 1.71. The van der Waals surface area contributed by atoms with Crippen LogP contribution < -0.4 is 5.14 Å². The van der Waals surface area contributed by atoms with Crippen molar-refractivity contribution in [1.29, 1.82) is 0 Å². The number of halogens is 1. The van der Waals surface area contributed by atoms with E-state index in [4.69, 9.17) is 26.2 Å². The zero-order valence-electron chi connectivity index (χ0n) is 15.5. The molecule has 1 saturated carbocycles. The normalized spacial score (nSPS) is 28.6. The highest BCUT2D eigenvalue weighted by molar-refractivity contribution is 7.87. The smallest absolute Gasteiger partial charge is 0.422 e. The summed E-state index contributed by atoms with van der Waals surface area (Å²) in [5.74, 6) is -1.42. The van der Waals surface area contributed by atoms with Gasteiger partial charge in [0.15, 0.2) is 16.6 Å². The van der Waals surface area contributed by atoms with Gasteiger partial charge >= 0.3 is 16.3 Å². The lowest BCUT2D eigenvalue weighted by atomic mass is 10.1. The zero-order valence-corrected chi connectivity index (χ0v) is 17.0. The Kier molecular flexibility index (Phi) is 4.70. The number of imidazole rings is 1. The molecule has 3 heterocycles. The van der Waals surface area contributed by atoms with E-state index >= 15 is 0 Å². The molecule has 0 aromatic carbocycles. The summed E-state index contributed by atoms with van der Waals surface area (Å²) in [7, 11) is -4.44. The molecule has 1 saturated heterocycles. The second-order valence-corrected chi connectivity index (χ2v) is 9.30. The number of amides is 1. The van der Waals surface area contributed by atoms with Crippen molar-refractivity contribution < 1.29 is 27.8 Å². The number of nitrogens with zero attached hydrogens (tertiary/aromatic N) is 5. The molecule has 29 heavy (non-hydrogen) atoms. The number of rotatable bonds is 4. The van der Waals surface area contributed by atoms with Crippen molar-refractivity contribution in [2.45, 2.75) is 44.3 Å². The summed E-state index contributed by atoms with van der Waals surface area (Å²) in [6.45, 7) is 3.12. The van der Waals surface area contributed by atoms with E-state index < -0.39 is 40.2 Å². The third kappa shape index (κ3) is 3.53. The highest BCUT2D eigenvalue weighted by Gasteiger charge is 2.55. The van der Waals surface area contributed by atoms with Gasteiger partial charge in [0.05, 0.1) is 18.5 Å². The van der Waals surface area contributed by atoms with Gasteiger partial charge in [-0.3, -0.25) is 0 Å². The lowest BCUT2D eigenvalue weighted by Crippen LogP contribution is -2.45. The van der Waals surface area contributed by atoms with Crippen LogP contribution in [-0.2, 0) is 19.7 Å². The SMILES string of the molecule is CC1(C)O[C@@H]2[C@@H](CN(C(=O)O)S(N)(=O)=O)C[C@@H](n3cnc4c(Cl)ncnc43)[C@H]2O1. The summed E-state index contributed by atoms with van der Waals surface area (Å²) >= 11 is 6.08. The number of hydrogen-bond donors (Lipinski definition) is 2. The van der Waals surface area contributed by atoms with Gasteiger partial charge in [0.2, 0.25) is 0 Å². The van der Waals surface area contributed by atoms with Crippen LogP contribution in [0.4, 0.5) is 4.79 Å². The minimum Gasteiger partial charge on any atom is -0.464 e. The largest absolute Gasteiger partial charge is 0.464 e. The molecule has 2 aliphatic rings. The number of fused-ring (bicyclic) bond motifs is 2. The van der Waals surface area contributed by atoms with E-state index in [2.05, 4.69) is 15.0 Å². The topological polar surface area (TPSA) is 163 Å². The van der Waals surface area contributed by atoms with Crippen LogP contribution in [0.1, 0.15) is 26.3 Å². The van der Waals surface area contributed by atoms with Gasteiger partial charge in [-0.15, -0.1) is 0 Å². The molecule has 12 nitrogen and oxygen atoms in total. The Morgan fingerprint density at radius 1 is 1.38 bits per heavy atom. The van der Waals surface area contributed by atoms with Crippen LogP contribution in [0, 0.1) is 5.92 Å². The second-order valence-electron chi connectivity index (χ2n) is 7.48. The fourth-order valence-electron chi connectivity index (χ4n) is 4.08. The lowest BCUT2D eigenvalue weighted by Gasteiger charge is -2.26. The van der Waals surface area contributed by atoms with Gasteiger partial charge in [-0.25, -0.2) is 24.9 Å². The molecule has 2 aromatic rings. The van der Waals surface area contributed by atoms with Crippen molar-refractivity contribution >= 4 is 39.1 Å². The third-order valence-electron chi connectivity index (χ3n) is 5.14. The summed E-state index contributed by atoms with van der Waals surface area (Å²) in [6.07, 6.45) is 0.552. The molecule has 4 atom stereocenters. The molecule has 1 aliphatic heterocycles. The average Bonchev–Trinajstić information content (AvgIpc) is 3.23. The highest BCUT2D eigenvalue weighted by atomic mass is 35.5. The Morgan fingerprint density at radius 3 is 2.72 bits per heavy atom. The van der Waals surface area contributed by atoms with Crippen LogP contribution in [-0.4, -0.2) is 68.0 Å². The standard InChI is InChI=1S/C15H19ClN6O6S/c1-15(2)27-10-7(4-22(14(23)24)29(17,25)26)3-8(11(10)28-15)21-6-20-9-12(16)18-5-19-13(9)21/h5-8,10-11H,3-4H2,1-2H3,(H,23,24)(H2,17,25,26)/t7-,8-,10-,11-/m1/s1. The van der Waals surface area contributed by atoms with Crippen LogP contribution in [0.15, 0.2) is 12.7 Å². The number of nitrogens with two attached hydrogens (primary N) is 1. The first-order chi connectivity index (χ1) is 13.5. The molecular weight excluding hydrogens is 428 g/mol. The van der Waals surface area contributed by atoms with Crippen molar-refractivity contribution in [2.24, 2.45) is 11.1 Å². The van der Waals surface area contributed by atoms with Crippen LogP contribution in [0.25, 0.3) is 11.2 Å². The molecule has 0 radical (unpaired) electrons. The van der Waals surface area contributed by atoms with E-state index in [0.29, 0.717) is 17.6 Å². The minimum atomic E-state index is -4.44. The second kappa shape index (κ2) is 6.74. The Hall–Kier alpha value is -2.06. The summed E-state index contributed by atoms with van der Waals surface area (Å²) < 4.78 is 37.4.